The molecule has 2 unspecified atom stereocenters. The minimum absolute atomic E-state index is 0.210. The van der Waals surface area contributed by atoms with Crippen molar-refractivity contribution in [2.75, 3.05) is 6.54 Å². The van der Waals surface area contributed by atoms with Gasteiger partial charge in [0.25, 0.3) is 0 Å². The van der Waals surface area contributed by atoms with Crippen LogP contribution in [-0.2, 0) is 6.54 Å². The lowest BCUT2D eigenvalue weighted by molar-refractivity contribution is 0.163. The van der Waals surface area contributed by atoms with Crippen molar-refractivity contribution in [1.82, 2.24) is 15.6 Å². The van der Waals surface area contributed by atoms with Crippen LogP contribution in [0.15, 0.2) is 24.4 Å². The number of nitrogens with one attached hydrogen (secondary N) is 2. The largest absolute Gasteiger partial charge is 0.393 e. The first-order valence-electron chi connectivity index (χ1n) is 6.17. The molecule has 18 heavy (non-hydrogen) atoms. The molecule has 0 saturated heterocycles. The number of aromatic nitrogens is 1. The number of carbonyl (C=O) groups excluding carboxylic acids is 1. The number of amides is 2. The standard InChI is InChI=1S/C13H21N3O2/c1-10(7-11(2)17)8-15-13(18)16-9-12-5-3-4-6-14-12/h3-6,10-11,17H,7-9H2,1-2H3,(H2,15,16,18). The fraction of sp³-hybridized carbons (Fsp3) is 0.538. The maximum Gasteiger partial charge on any atom is 0.315 e. The van der Waals surface area contributed by atoms with E-state index in [1.807, 2.05) is 25.1 Å². The molecule has 0 spiro atoms. The van der Waals surface area contributed by atoms with Gasteiger partial charge in [0.05, 0.1) is 18.3 Å². The molecule has 1 rings (SSSR count). The maximum atomic E-state index is 11.5. The summed E-state index contributed by atoms with van der Waals surface area (Å²) in [6.07, 6.45) is 2.04. The monoisotopic (exact) mass is 251 g/mol. The van der Waals surface area contributed by atoms with Gasteiger partial charge in [-0.3, -0.25) is 4.98 Å². The molecule has 0 fully saturated rings. The van der Waals surface area contributed by atoms with Crippen LogP contribution < -0.4 is 10.6 Å². The fourth-order valence-electron chi connectivity index (χ4n) is 1.67. The summed E-state index contributed by atoms with van der Waals surface area (Å²) in [5.74, 6) is 0.255. The van der Waals surface area contributed by atoms with E-state index in [4.69, 9.17) is 0 Å². The molecule has 0 aliphatic rings. The Labute approximate surface area is 108 Å². The van der Waals surface area contributed by atoms with E-state index >= 15 is 0 Å². The van der Waals surface area contributed by atoms with Crippen molar-refractivity contribution in [3.8, 4) is 0 Å². The molecule has 0 aliphatic carbocycles. The second-order valence-corrected chi connectivity index (χ2v) is 4.57. The summed E-state index contributed by atoms with van der Waals surface area (Å²) in [6, 6.07) is 5.36. The Morgan fingerprint density at radius 3 is 2.78 bits per heavy atom. The first-order valence-corrected chi connectivity index (χ1v) is 6.17. The van der Waals surface area contributed by atoms with Crippen LogP contribution in [-0.4, -0.2) is 28.8 Å². The summed E-state index contributed by atoms with van der Waals surface area (Å²) in [5.41, 5.74) is 0.824. The molecule has 5 heteroatoms. The van der Waals surface area contributed by atoms with Gasteiger partial charge >= 0.3 is 6.03 Å². The molecule has 0 bridgehead atoms. The SMILES string of the molecule is CC(O)CC(C)CNC(=O)NCc1ccccn1. The van der Waals surface area contributed by atoms with Crippen molar-refractivity contribution < 1.29 is 9.90 Å². The van der Waals surface area contributed by atoms with E-state index in [0.717, 1.165) is 5.69 Å². The van der Waals surface area contributed by atoms with Crippen molar-refractivity contribution in [1.29, 1.82) is 0 Å². The van der Waals surface area contributed by atoms with E-state index in [1.54, 1.807) is 13.1 Å². The van der Waals surface area contributed by atoms with Gasteiger partial charge in [-0.15, -0.1) is 0 Å². The van der Waals surface area contributed by atoms with Crippen LogP contribution in [0.4, 0.5) is 4.79 Å². The fourth-order valence-corrected chi connectivity index (χ4v) is 1.67. The first-order chi connectivity index (χ1) is 8.58. The average Bonchev–Trinajstić information content (AvgIpc) is 2.34. The van der Waals surface area contributed by atoms with Crippen LogP contribution in [0.25, 0.3) is 0 Å². The third-order valence-corrected chi connectivity index (χ3v) is 2.51. The normalized spacial score (nSPS) is 13.7. The summed E-state index contributed by atoms with van der Waals surface area (Å²) in [7, 11) is 0. The van der Waals surface area contributed by atoms with Gasteiger partial charge in [0.2, 0.25) is 0 Å². The highest BCUT2D eigenvalue weighted by Gasteiger charge is 2.07. The number of carbonyl (C=O) groups is 1. The zero-order valence-electron chi connectivity index (χ0n) is 10.9. The topological polar surface area (TPSA) is 74.2 Å². The highest BCUT2D eigenvalue weighted by atomic mass is 16.3. The highest BCUT2D eigenvalue weighted by molar-refractivity contribution is 5.73. The first kappa shape index (κ1) is 14.4. The number of aliphatic hydroxyl groups excluding tert-OH is 1. The molecular weight excluding hydrogens is 230 g/mol. The van der Waals surface area contributed by atoms with E-state index in [9.17, 15) is 9.90 Å². The van der Waals surface area contributed by atoms with Crippen LogP contribution >= 0.6 is 0 Å². The number of urea groups is 1. The number of hydrogen-bond acceptors (Lipinski definition) is 3. The molecule has 0 saturated carbocycles. The Morgan fingerprint density at radius 1 is 1.39 bits per heavy atom. The number of nitrogens with zero attached hydrogens (tertiary/aromatic N) is 1. The van der Waals surface area contributed by atoms with Gasteiger partial charge in [0, 0.05) is 12.7 Å². The lowest BCUT2D eigenvalue weighted by Gasteiger charge is -2.14. The summed E-state index contributed by atoms with van der Waals surface area (Å²) < 4.78 is 0. The van der Waals surface area contributed by atoms with Crippen molar-refractivity contribution in [2.45, 2.75) is 32.9 Å². The predicted octanol–water partition coefficient (Wildman–Crippen LogP) is 1.29. The molecule has 3 N–H and O–H groups in total. The van der Waals surface area contributed by atoms with E-state index in [-0.39, 0.29) is 18.1 Å². The number of rotatable bonds is 6. The van der Waals surface area contributed by atoms with E-state index < -0.39 is 0 Å². The van der Waals surface area contributed by atoms with Gasteiger partial charge in [0.1, 0.15) is 0 Å². The number of aliphatic hydroxyl groups is 1. The lowest BCUT2D eigenvalue weighted by atomic mass is 10.1. The summed E-state index contributed by atoms with van der Waals surface area (Å²) >= 11 is 0. The van der Waals surface area contributed by atoms with Crippen molar-refractivity contribution in [2.24, 2.45) is 5.92 Å². The van der Waals surface area contributed by atoms with E-state index in [0.29, 0.717) is 19.5 Å². The Bertz CT molecular complexity index is 355. The molecule has 1 aromatic heterocycles. The summed E-state index contributed by atoms with van der Waals surface area (Å²) in [4.78, 5) is 15.6. The maximum absolute atomic E-state index is 11.5. The van der Waals surface area contributed by atoms with E-state index in [2.05, 4.69) is 15.6 Å². The molecule has 100 valence electrons. The third-order valence-electron chi connectivity index (χ3n) is 2.51. The number of pyridine rings is 1. The van der Waals surface area contributed by atoms with Crippen LogP contribution in [0, 0.1) is 5.92 Å². The highest BCUT2D eigenvalue weighted by Crippen LogP contribution is 2.03. The van der Waals surface area contributed by atoms with Crippen LogP contribution in [0.1, 0.15) is 26.0 Å². The minimum Gasteiger partial charge on any atom is -0.393 e. The van der Waals surface area contributed by atoms with Crippen molar-refractivity contribution in [3.05, 3.63) is 30.1 Å². The molecule has 1 aromatic rings. The smallest absolute Gasteiger partial charge is 0.315 e. The Balaban J connectivity index is 2.18. The van der Waals surface area contributed by atoms with Gasteiger partial charge in [-0.2, -0.15) is 0 Å². The molecular formula is C13H21N3O2. The zero-order valence-corrected chi connectivity index (χ0v) is 10.9. The van der Waals surface area contributed by atoms with Gasteiger partial charge in [-0.25, -0.2) is 4.79 Å². The van der Waals surface area contributed by atoms with Crippen molar-refractivity contribution in [3.63, 3.8) is 0 Å². The molecule has 5 nitrogen and oxygen atoms in total. The van der Waals surface area contributed by atoms with Crippen LogP contribution in [0.3, 0.4) is 0 Å². The van der Waals surface area contributed by atoms with Crippen LogP contribution in [0.5, 0.6) is 0 Å². The Hall–Kier alpha value is -1.62. The second-order valence-electron chi connectivity index (χ2n) is 4.57. The Kier molecular flexibility index (Phi) is 6.14. The Morgan fingerprint density at radius 2 is 2.17 bits per heavy atom. The predicted molar refractivity (Wildman–Crippen MR) is 69.9 cm³/mol. The van der Waals surface area contributed by atoms with Gasteiger partial charge in [-0.05, 0) is 31.4 Å². The molecule has 0 aromatic carbocycles. The quantitative estimate of drug-likeness (QED) is 0.713. The van der Waals surface area contributed by atoms with Gasteiger partial charge < -0.3 is 15.7 Å². The van der Waals surface area contributed by atoms with Gasteiger partial charge in [-0.1, -0.05) is 13.0 Å². The summed E-state index contributed by atoms with van der Waals surface area (Å²) in [5, 5.41) is 14.7. The van der Waals surface area contributed by atoms with Gasteiger partial charge in [0.15, 0.2) is 0 Å². The van der Waals surface area contributed by atoms with E-state index in [1.165, 1.54) is 0 Å². The molecule has 1 heterocycles. The molecule has 2 amide bonds. The molecule has 0 radical (unpaired) electrons. The van der Waals surface area contributed by atoms with Crippen molar-refractivity contribution >= 4 is 6.03 Å². The zero-order chi connectivity index (χ0) is 13.4. The average molecular weight is 251 g/mol. The second kappa shape index (κ2) is 7.66. The number of hydrogen-bond donors (Lipinski definition) is 3. The molecule has 2 atom stereocenters. The summed E-state index contributed by atoms with van der Waals surface area (Å²) in [6.45, 7) is 4.71. The third kappa shape index (κ3) is 6.20. The molecule has 0 aliphatic heterocycles. The lowest BCUT2D eigenvalue weighted by Crippen LogP contribution is -2.38. The minimum atomic E-state index is -0.335. The van der Waals surface area contributed by atoms with Crippen LogP contribution in [0.2, 0.25) is 0 Å².